The zero-order chi connectivity index (χ0) is 32.3. The zero-order valence-electron chi connectivity index (χ0n) is 25.6. The van der Waals surface area contributed by atoms with Crippen molar-refractivity contribution in [1.82, 2.24) is 26.0 Å². The van der Waals surface area contributed by atoms with Crippen LogP contribution in [0.1, 0.15) is 57.8 Å². The first kappa shape index (κ1) is 36.3. The summed E-state index contributed by atoms with van der Waals surface area (Å²) in [5.41, 5.74) is 0. The van der Waals surface area contributed by atoms with E-state index in [1.807, 2.05) is 11.8 Å². The van der Waals surface area contributed by atoms with E-state index in [-0.39, 0.29) is 49.2 Å². The van der Waals surface area contributed by atoms with Crippen molar-refractivity contribution in [3.05, 3.63) is 12.1 Å². The van der Waals surface area contributed by atoms with E-state index in [2.05, 4.69) is 21.3 Å². The molecule has 2 saturated heterocycles. The first-order valence-corrected chi connectivity index (χ1v) is 16.6. The molecule has 0 aromatic carbocycles. The Balaban J connectivity index is 0.998. The van der Waals surface area contributed by atoms with Crippen molar-refractivity contribution in [3.63, 3.8) is 0 Å². The fourth-order valence-electron chi connectivity index (χ4n) is 4.83. The highest BCUT2D eigenvalue weighted by atomic mass is 32.2. The third-order valence-corrected chi connectivity index (χ3v) is 8.68. The van der Waals surface area contributed by atoms with Crippen molar-refractivity contribution in [2.45, 2.75) is 75.1 Å². The summed E-state index contributed by atoms with van der Waals surface area (Å²) < 4.78 is 17.1. The van der Waals surface area contributed by atoms with Gasteiger partial charge in [-0.3, -0.25) is 9.59 Å². The second-order valence-corrected chi connectivity index (χ2v) is 12.0. The molecule has 45 heavy (non-hydrogen) atoms. The quantitative estimate of drug-likeness (QED) is 0.0680. The van der Waals surface area contributed by atoms with E-state index >= 15 is 0 Å². The monoisotopic (exact) mass is 657 g/mol. The molecule has 3 atom stereocenters. The van der Waals surface area contributed by atoms with E-state index in [9.17, 15) is 29.4 Å². The van der Waals surface area contributed by atoms with E-state index in [1.54, 1.807) is 0 Å². The van der Waals surface area contributed by atoms with Crippen molar-refractivity contribution in [3.8, 4) is 11.8 Å². The molecular formula is C29H47N5O10S. The van der Waals surface area contributed by atoms with Crippen molar-refractivity contribution >= 4 is 35.6 Å². The molecule has 2 aliphatic rings. The molecule has 4 amide bonds. The summed E-state index contributed by atoms with van der Waals surface area (Å²) in [6, 6.07) is 2.76. The normalized spacial score (nSPS) is 18.7. The van der Waals surface area contributed by atoms with Crippen LogP contribution in [0.25, 0.3) is 0 Å². The standard InChI is InChI=1S/C29H47N5O10S/c35-23(7-2-1-6-22-28-21(20-45-22)32-29(40)33-28)30-12-4-14-41-16-18-43-19-17-42-15-5-13-31-24(36)8-3-9-27(39)44-34-25(37)10-11-26(34)38/h10-11,21-22,28,37-38H,1-9,12-20H2,(H,30,35)(H,31,36)(H2,32,33,40). The molecule has 3 rings (SSSR count). The van der Waals surface area contributed by atoms with Crippen LogP contribution in [-0.2, 0) is 28.6 Å². The number of fused-ring (bicyclic) bond motifs is 1. The van der Waals surface area contributed by atoms with Crippen LogP contribution in [0.2, 0.25) is 0 Å². The second-order valence-electron chi connectivity index (χ2n) is 10.8. The summed E-state index contributed by atoms with van der Waals surface area (Å²) >= 11 is 1.89. The van der Waals surface area contributed by atoms with E-state index in [4.69, 9.17) is 19.0 Å². The molecular weight excluding hydrogens is 610 g/mol. The Morgan fingerprint density at radius 3 is 2.00 bits per heavy atom. The summed E-state index contributed by atoms with van der Waals surface area (Å²) in [5, 5.41) is 30.9. The van der Waals surface area contributed by atoms with Gasteiger partial charge < -0.3 is 50.5 Å². The molecule has 2 fully saturated rings. The number of unbranched alkanes of at least 4 members (excludes halogenated alkanes) is 1. The molecule has 2 aliphatic heterocycles. The lowest BCUT2D eigenvalue weighted by Crippen LogP contribution is -2.36. The van der Waals surface area contributed by atoms with Gasteiger partial charge in [-0.2, -0.15) is 11.8 Å². The zero-order valence-corrected chi connectivity index (χ0v) is 26.4. The Labute approximate surface area is 267 Å². The lowest BCUT2D eigenvalue weighted by Gasteiger charge is -2.16. The molecule has 0 aliphatic carbocycles. The number of hydrogen-bond acceptors (Lipinski definition) is 11. The highest BCUT2D eigenvalue weighted by Gasteiger charge is 2.42. The van der Waals surface area contributed by atoms with Gasteiger partial charge in [0.2, 0.25) is 23.6 Å². The topological polar surface area (TPSA) is 199 Å². The number of ether oxygens (including phenoxy) is 3. The van der Waals surface area contributed by atoms with Gasteiger partial charge in [0.1, 0.15) is 0 Å². The van der Waals surface area contributed by atoms with Crippen molar-refractivity contribution < 1.29 is 48.4 Å². The van der Waals surface area contributed by atoms with E-state index in [1.165, 1.54) is 12.1 Å². The van der Waals surface area contributed by atoms with Gasteiger partial charge in [0, 0.05) is 68.7 Å². The van der Waals surface area contributed by atoms with Gasteiger partial charge >= 0.3 is 12.0 Å². The summed E-state index contributed by atoms with van der Waals surface area (Å²) in [5.74, 6) is -0.656. The van der Waals surface area contributed by atoms with Gasteiger partial charge in [0.05, 0.1) is 38.5 Å². The molecule has 254 valence electrons. The van der Waals surface area contributed by atoms with E-state index < -0.39 is 17.7 Å². The second kappa shape index (κ2) is 20.7. The Morgan fingerprint density at radius 1 is 0.800 bits per heavy atom. The Kier molecular flexibility index (Phi) is 16.7. The maximum absolute atomic E-state index is 12.0. The van der Waals surface area contributed by atoms with Gasteiger partial charge in [0.15, 0.2) is 0 Å². The van der Waals surface area contributed by atoms with Gasteiger partial charge in [-0.25, -0.2) is 9.59 Å². The van der Waals surface area contributed by atoms with Crippen LogP contribution in [0.15, 0.2) is 12.1 Å². The summed E-state index contributed by atoms with van der Waals surface area (Å²) in [4.78, 5) is 51.9. The number of nitrogens with zero attached hydrogens (tertiary/aromatic N) is 1. The molecule has 15 nitrogen and oxygen atoms in total. The molecule has 3 unspecified atom stereocenters. The third kappa shape index (κ3) is 14.2. The number of thioether (sulfide) groups is 1. The minimum atomic E-state index is -0.677. The fraction of sp³-hybridized carbons (Fsp3) is 0.724. The number of carbonyl (C=O) groups is 4. The molecule has 3 heterocycles. The first-order valence-electron chi connectivity index (χ1n) is 15.6. The molecule has 1 aromatic heterocycles. The maximum atomic E-state index is 12.0. The number of hydrogen-bond donors (Lipinski definition) is 6. The average molecular weight is 658 g/mol. The molecule has 0 bridgehead atoms. The number of rotatable bonds is 24. The summed E-state index contributed by atoms with van der Waals surface area (Å²) in [7, 11) is 0. The van der Waals surface area contributed by atoms with Gasteiger partial charge in [-0.05, 0) is 32.1 Å². The SMILES string of the molecule is O=C(CCCCC1SCC2NC(=O)NC21)NCCCOCCOCCOCCCNC(=O)CCCC(=O)On1c(O)ccc1O. The maximum Gasteiger partial charge on any atom is 0.333 e. The largest absolute Gasteiger partial charge is 0.492 e. The predicted octanol–water partition coefficient (Wildman–Crippen LogP) is 0.813. The lowest BCUT2D eigenvalue weighted by molar-refractivity contribution is -0.145. The van der Waals surface area contributed by atoms with Gasteiger partial charge in [-0.15, -0.1) is 4.73 Å². The highest BCUT2D eigenvalue weighted by Crippen LogP contribution is 2.33. The minimum absolute atomic E-state index is 0.0401. The number of aromatic nitrogens is 1. The van der Waals surface area contributed by atoms with Crippen LogP contribution < -0.4 is 26.1 Å². The number of urea groups is 1. The average Bonchev–Trinajstić information content (AvgIpc) is 3.67. The van der Waals surface area contributed by atoms with E-state index in [0.29, 0.717) is 75.6 Å². The number of amides is 4. The molecule has 6 N–H and O–H groups in total. The van der Waals surface area contributed by atoms with Gasteiger partial charge in [0.25, 0.3) is 0 Å². The third-order valence-electron chi connectivity index (χ3n) is 7.18. The Morgan fingerprint density at radius 2 is 1.38 bits per heavy atom. The smallest absolute Gasteiger partial charge is 0.333 e. The molecule has 1 aromatic rings. The summed E-state index contributed by atoms with van der Waals surface area (Å²) in [6.07, 6.45) is 5.08. The van der Waals surface area contributed by atoms with Crippen LogP contribution in [0.4, 0.5) is 4.79 Å². The van der Waals surface area contributed by atoms with E-state index in [0.717, 1.165) is 31.4 Å². The first-order chi connectivity index (χ1) is 21.8. The Bertz CT molecular complexity index is 1050. The number of aromatic hydroxyl groups is 2. The van der Waals surface area contributed by atoms with Crippen LogP contribution in [0, 0.1) is 0 Å². The van der Waals surface area contributed by atoms with Crippen LogP contribution in [0.5, 0.6) is 11.8 Å². The lowest BCUT2D eigenvalue weighted by atomic mass is 10.0. The van der Waals surface area contributed by atoms with Crippen molar-refractivity contribution in [2.24, 2.45) is 0 Å². The number of nitrogens with one attached hydrogen (secondary N) is 4. The van der Waals surface area contributed by atoms with Crippen LogP contribution in [0.3, 0.4) is 0 Å². The molecule has 0 saturated carbocycles. The van der Waals surface area contributed by atoms with Crippen LogP contribution >= 0.6 is 11.8 Å². The summed E-state index contributed by atoms with van der Waals surface area (Å²) in [6.45, 7) is 3.83. The fourth-order valence-corrected chi connectivity index (χ4v) is 6.38. The van der Waals surface area contributed by atoms with Crippen LogP contribution in [-0.4, -0.2) is 115 Å². The molecule has 16 heteroatoms. The predicted molar refractivity (Wildman–Crippen MR) is 165 cm³/mol. The molecule has 0 spiro atoms. The highest BCUT2D eigenvalue weighted by molar-refractivity contribution is 8.00. The van der Waals surface area contributed by atoms with Crippen molar-refractivity contribution in [1.29, 1.82) is 0 Å². The Hall–Kier alpha value is -3.21. The van der Waals surface area contributed by atoms with Crippen molar-refractivity contribution in [2.75, 3.05) is 58.5 Å². The minimum Gasteiger partial charge on any atom is -0.492 e. The number of carbonyl (C=O) groups excluding carboxylic acids is 4. The molecule has 0 radical (unpaired) electrons. The van der Waals surface area contributed by atoms with Gasteiger partial charge in [-0.1, -0.05) is 6.42 Å².